The molecule has 2 saturated carbocycles. The predicted octanol–water partition coefficient (Wildman–Crippen LogP) is 2.35. The molecule has 0 heterocycles. The van der Waals surface area contributed by atoms with Crippen molar-refractivity contribution in [1.29, 1.82) is 0 Å². The third kappa shape index (κ3) is 1.94. The van der Waals surface area contributed by atoms with E-state index < -0.39 is 0 Å². The molecule has 0 aliphatic heterocycles. The zero-order valence-electron chi connectivity index (χ0n) is 10.2. The van der Waals surface area contributed by atoms with Gasteiger partial charge in [0, 0.05) is 12.3 Å². The average molecular weight is 244 g/mol. The number of benzene rings is 1. The van der Waals surface area contributed by atoms with Crippen molar-refractivity contribution in [3.8, 4) is 0 Å². The monoisotopic (exact) mass is 244 g/mol. The van der Waals surface area contributed by atoms with Gasteiger partial charge in [-0.15, -0.1) is 0 Å². The van der Waals surface area contributed by atoms with Crippen LogP contribution in [0.1, 0.15) is 24.8 Å². The first-order chi connectivity index (χ1) is 8.75. The number of hydrogen-bond donors (Lipinski definition) is 0. The highest BCUT2D eigenvalue weighted by atomic mass is 16.5. The van der Waals surface area contributed by atoms with Gasteiger partial charge in [-0.3, -0.25) is 9.59 Å². The summed E-state index contributed by atoms with van der Waals surface area (Å²) in [6.45, 7) is 0.309. The van der Waals surface area contributed by atoms with Gasteiger partial charge in [-0.1, -0.05) is 30.3 Å². The van der Waals surface area contributed by atoms with Crippen molar-refractivity contribution in [1.82, 2.24) is 0 Å². The van der Waals surface area contributed by atoms with Crippen LogP contribution in [0.3, 0.4) is 0 Å². The Balaban J connectivity index is 1.61. The number of ether oxygens (including phenoxy) is 1. The number of ketones is 1. The van der Waals surface area contributed by atoms with Crippen molar-refractivity contribution in [2.45, 2.75) is 25.9 Å². The van der Waals surface area contributed by atoms with Gasteiger partial charge in [0.25, 0.3) is 0 Å². The first-order valence-corrected chi connectivity index (χ1v) is 6.49. The molecule has 0 saturated heterocycles. The molecular formula is C15H16O3. The highest BCUT2D eigenvalue weighted by Gasteiger charge is 2.51. The van der Waals surface area contributed by atoms with Crippen molar-refractivity contribution in [2.75, 3.05) is 0 Å². The van der Waals surface area contributed by atoms with Crippen LogP contribution >= 0.6 is 0 Å². The molecule has 2 fully saturated rings. The minimum Gasteiger partial charge on any atom is -0.461 e. The number of fused-ring (bicyclic) bond motifs is 2. The lowest BCUT2D eigenvalue weighted by atomic mass is 9.98. The van der Waals surface area contributed by atoms with Crippen LogP contribution in [0.4, 0.5) is 0 Å². The Morgan fingerprint density at radius 3 is 2.61 bits per heavy atom. The van der Waals surface area contributed by atoms with Crippen LogP contribution in [-0.2, 0) is 20.9 Å². The number of Topliss-reactive ketones (excluding diaryl/α,β-unsaturated/α-hetero) is 1. The van der Waals surface area contributed by atoms with Gasteiger partial charge in [0.1, 0.15) is 12.4 Å². The van der Waals surface area contributed by atoms with Crippen molar-refractivity contribution < 1.29 is 14.3 Å². The summed E-state index contributed by atoms with van der Waals surface area (Å²) in [6.07, 6.45) is 2.45. The molecule has 0 spiro atoms. The number of hydrogen-bond acceptors (Lipinski definition) is 3. The van der Waals surface area contributed by atoms with Crippen LogP contribution in [0.25, 0.3) is 0 Å². The van der Waals surface area contributed by atoms with Crippen LogP contribution < -0.4 is 0 Å². The number of carbonyl (C=O) groups excluding carboxylic acids is 2. The predicted molar refractivity (Wildman–Crippen MR) is 65.6 cm³/mol. The van der Waals surface area contributed by atoms with E-state index in [2.05, 4.69) is 0 Å². The zero-order valence-corrected chi connectivity index (χ0v) is 10.2. The number of carbonyl (C=O) groups is 2. The van der Waals surface area contributed by atoms with Gasteiger partial charge in [-0.25, -0.2) is 0 Å². The molecule has 3 unspecified atom stereocenters. The molecule has 0 aromatic heterocycles. The van der Waals surface area contributed by atoms with Crippen molar-refractivity contribution >= 4 is 11.8 Å². The fourth-order valence-electron chi connectivity index (χ4n) is 3.26. The molecule has 0 radical (unpaired) electrons. The molecular weight excluding hydrogens is 228 g/mol. The summed E-state index contributed by atoms with van der Waals surface area (Å²) in [7, 11) is 0. The van der Waals surface area contributed by atoms with Crippen LogP contribution in [0, 0.1) is 17.8 Å². The van der Waals surface area contributed by atoms with Gasteiger partial charge in [0.2, 0.25) is 0 Å². The molecule has 3 nitrogen and oxygen atoms in total. The molecule has 3 atom stereocenters. The van der Waals surface area contributed by atoms with Gasteiger partial charge in [0.05, 0.1) is 5.92 Å². The van der Waals surface area contributed by atoms with Crippen LogP contribution in [0.5, 0.6) is 0 Å². The first-order valence-electron chi connectivity index (χ1n) is 6.49. The Labute approximate surface area is 106 Å². The largest absolute Gasteiger partial charge is 0.461 e. The Hall–Kier alpha value is -1.64. The second-order valence-corrected chi connectivity index (χ2v) is 5.23. The maximum Gasteiger partial charge on any atom is 0.310 e. The lowest BCUT2D eigenvalue weighted by Crippen LogP contribution is -2.23. The van der Waals surface area contributed by atoms with E-state index in [0.717, 1.165) is 18.4 Å². The highest BCUT2D eigenvalue weighted by Crippen LogP contribution is 2.47. The van der Waals surface area contributed by atoms with E-state index >= 15 is 0 Å². The van der Waals surface area contributed by atoms with Crippen molar-refractivity contribution in [3.63, 3.8) is 0 Å². The van der Waals surface area contributed by atoms with E-state index in [1.165, 1.54) is 0 Å². The Morgan fingerprint density at radius 2 is 2.00 bits per heavy atom. The molecule has 3 heteroatoms. The molecule has 18 heavy (non-hydrogen) atoms. The summed E-state index contributed by atoms with van der Waals surface area (Å²) >= 11 is 0. The number of esters is 1. The minimum absolute atomic E-state index is 0.0572. The summed E-state index contributed by atoms with van der Waals surface area (Å²) in [5, 5.41) is 0. The Kier molecular flexibility index (Phi) is 2.90. The zero-order chi connectivity index (χ0) is 12.5. The lowest BCUT2D eigenvalue weighted by molar-refractivity contribution is -0.152. The molecule has 2 aliphatic rings. The summed E-state index contributed by atoms with van der Waals surface area (Å²) in [5.41, 5.74) is 0.988. The molecule has 2 aliphatic carbocycles. The van der Waals surface area contributed by atoms with Gasteiger partial charge in [-0.05, 0) is 24.3 Å². The summed E-state index contributed by atoms with van der Waals surface area (Å²) in [6, 6.07) is 9.64. The SMILES string of the molecule is O=C1CC2CCC1C2C(=O)OCc1ccccc1. The normalized spacial score (nSPS) is 29.6. The molecule has 1 aromatic rings. The van der Waals surface area contributed by atoms with Gasteiger partial charge in [0.15, 0.2) is 0 Å². The summed E-state index contributed by atoms with van der Waals surface area (Å²) < 4.78 is 5.35. The Bertz CT molecular complexity index is 466. The molecule has 0 amide bonds. The van der Waals surface area contributed by atoms with Crippen molar-refractivity contribution in [2.24, 2.45) is 17.8 Å². The third-order valence-corrected chi connectivity index (χ3v) is 4.16. The van der Waals surface area contributed by atoms with E-state index in [1.54, 1.807) is 0 Å². The number of rotatable bonds is 3. The van der Waals surface area contributed by atoms with Crippen LogP contribution in [-0.4, -0.2) is 11.8 Å². The maximum atomic E-state index is 12.1. The van der Waals surface area contributed by atoms with Gasteiger partial charge < -0.3 is 4.74 Å². The summed E-state index contributed by atoms with van der Waals surface area (Å²) in [5.74, 6) is 0.0929. The molecule has 0 N–H and O–H groups in total. The first kappa shape index (κ1) is 11.5. The van der Waals surface area contributed by atoms with Gasteiger partial charge in [-0.2, -0.15) is 0 Å². The lowest BCUT2D eigenvalue weighted by Gasteiger charge is -2.13. The Morgan fingerprint density at radius 1 is 1.22 bits per heavy atom. The van der Waals surface area contributed by atoms with Crippen LogP contribution in [0.2, 0.25) is 0 Å². The van der Waals surface area contributed by atoms with E-state index in [4.69, 9.17) is 4.74 Å². The minimum atomic E-state index is -0.183. The topological polar surface area (TPSA) is 43.4 Å². The van der Waals surface area contributed by atoms with E-state index in [0.29, 0.717) is 13.0 Å². The van der Waals surface area contributed by atoms with E-state index in [9.17, 15) is 9.59 Å². The van der Waals surface area contributed by atoms with E-state index in [-0.39, 0.29) is 29.5 Å². The molecule has 2 bridgehead atoms. The van der Waals surface area contributed by atoms with Gasteiger partial charge >= 0.3 is 5.97 Å². The average Bonchev–Trinajstić information content (AvgIpc) is 2.94. The molecule has 1 aromatic carbocycles. The maximum absolute atomic E-state index is 12.1. The highest BCUT2D eigenvalue weighted by molar-refractivity contribution is 5.91. The fourth-order valence-corrected chi connectivity index (χ4v) is 3.26. The van der Waals surface area contributed by atoms with E-state index in [1.807, 2.05) is 30.3 Å². The molecule has 3 rings (SSSR count). The molecule has 94 valence electrons. The standard InChI is InChI=1S/C15H16O3/c16-13-8-11-6-7-12(13)14(11)15(17)18-9-10-4-2-1-3-5-10/h1-5,11-12,14H,6-9H2. The smallest absolute Gasteiger partial charge is 0.310 e. The third-order valence-electron chi connectivity index (χ3n) is 4.16. The second-order valence-electron chi connectivity index (χ2n) is 5.23. The van der Waals surface area contributed by atoms with Crippen LogP contribution in [0.15, 0.2) is 30.3 Å². The van der Waals surface area contributed by atoms with Crippen molar-refractivity contribution in [3.05, 3.63) is 35.9 Å². The fraction of sp³-hybridized carbons (Fsp3) is 0.467. The quantitative estimate of drug-likeness (QED) is 0.766. The second kappa shape index (κ2) is 4.56. The summed E-state index contributed by atoms with van der Waals surface area (Å²) in [4.78, 5) is 23.7.